The Hall–Kier alpha value is -0.650. The van der Waals surface area contributed by atoms with E-state index in [0.717, 1.165) is 19.5 Å². The molecule has 2 aliphatic rings. The summed E-state index contributed by atoms with van der Waals surface area (Å²) >= 11 is 0. The van der Waals surface area contributed by atoms with Crippen LogP contribution in [0.5, 0.6) is 0 Å². The van der Waals surface area contributed by atoms with E-state index in [2.05, 4.69) is 11.9 Å². The van der Waals surface area contributed by atoms with Crippen molar-refractivity contribution in [2.75, 3.05) is 26.7 Å². The van der Waals surface area contributed by atoms with Gasteiger partial charge < -0.3 is 19.5 Å². The maximum absolute atomic E-state index is 10.5. The van der Waals surface area contributed by atoms with E-state index in [1.54, 1.807) is 0 Å². The Labute approximate surface area is 102 Å². The van der Waals surface area contributed by atoms with Gasteiger partial charge in [-0.1, -0.05) is 0 Å². The lowest BCUT2D eigenvalue weighted by atomic mass is 10.1. The maximum atomic E-state index is 10.5. The van der Waals surface area contributed by atoms with Crippen molar-refractivity contribution in [3.63, 3.8) is 0 Å². The minimum Gasteiger partial charge on any atom is -0.481 e. The van der Waals surface area contributed by atoms with Crippen molar-refractivity contribution in [1.29, 1.82) is 0 Å². The minimum absolute atomic E-state index is 0.0322. The van der Waals surface area contributed by atoms with Crippen molar-refractivity contribution in [3.8, 4) is 0 Å². The fraction of sp³-hybridized carbons (Fsp3) is 0.917. The van der Waals surface area contributed by atoms with Crippen molar-refractivity contribution in [2.24, 2.45) is 5.92 Å². The zero-order chi connectivity index (χ0) is 12.3. The summed E-state index contributed by atoms with van der Waals surface area (Å²) in [6.07, 6.45) is 2.71. The van der Waals surface area contributed by atoms with Crippen molar-refractivity contribution < 1.29 is 19.4 Å². The molecule has 0 bridgehead atoms. The molecule has 0 aromatic carbocycles. The Kier molecular flexibility index (Phi) is 4.36. The number of rotatable bonds is 5. The number of ether oxygens (including phenoxy) is 2. The van der Waals surface area contributed by atoms with E-state index >= 15 is 0 Å². The second-order valence-electron chi connectivity index (χ2n) is 5.11. The van der Waals surface area contributed by atoms with Gasteiger partial charge in [0.15, 0.2) is 6.29 Å². The summed E-state index contributed by atoms with van der Waals surface area (Å²) < 4.78 is 11.3. The molecule has 0 radical (unpaired) electrons. The normalized spacial score (nSPS) is 34.3. The van der Waals surface area contributed by atoms with Gasteiger partial charge in [-0.2, -0.15) is 0 Å². The molecule has 2 fully saturated rings. The lowest BCUT2D eigenvalue weighted by molar-refractivity contribution is -0.138. The molecular formula is C12H21NO4. The van der Waals surface area contributed by atoms with Crippen LogP contribution in [0.4, 0.5) is 0 Å². The highest BCUT2D eigenvalue weighted by Gasteiger charge is 2.30. The molecule has 0 aromatic rings. The van der Waals surface area contributed by atoms with Gasteiger partial charge in [0.25, 0.3) is 0 Å². The second-order valence-corrected chi connectivity index (χ2v) is 5.11. The number of hydrogen-bond donors (Lipinski definition) is 1. The molecule has 17 heavy (non-hydrogen) atoms. The fourth-order valence-corrected chi connectivity index (χ4v) is 2.56. The first-order valence-electron chi connectivity index (χ1n) is 6.31. The highest BCUT2D eigenvalue weighted by atomic mass is 16.7. The first kappa shape index (κ1) is 12.8. The maximum Gasteiger partial charge on any atom is 0.303 e. The molecule has 3 atom stereocenters. The molecule has 0 spiro atoms. The summed E-state index contributed by atoms with van der Waals surface area (Å²) in [6.45, 7) is 2.81. The molecule has 2 saturated heterocycles. The van der Waals surface area contributed by atoms with Crippen molar-refractivity contribution in [2.45, 2.75) is 38.1 Å². The topological polar surface area (TPSA) is 59.0 Å². The Morgan fingerprint density at radius 3 is 3.00 bits per heavy atom. The monoisotopic (exact) mass is 243 g/mol. The Morgan fingerprint density at radius 2 is 2.35 bits per heavy atom. The predicted molar refractivity (Wildman–Crippen MR) is 61.7 cm³/mol. The van der Waals surface area contributed by atoms with E-state index < -0.39 is 5.97 Å². The first-order chi connectivity index (χ1) is 8.13. The van der Waals surface area contributed by atoms with E-state index in [0.29, 0.717) is 18.9 Å². The number of carboxylic acid groups (broad SMARTS) is 1. The zero-order valence-corrected chi connectivity index (χ0v) is 10.3. The molecule has 2 heterocycles. The average molecular weight is 243 g/mol. The van der Waals surface area contributed by atoms with Crippen LogP contribution in [0.1, 0.15) is 25.7 Å². The van der Waals surface area contributed by atoms with Crippen molar-refractivity contribution >= 4 is 5.97 Å². The zero-order valence-electron chi connectivity index (χ0n) is 10.3. The first-order valence-corrected chi connectivity index (χ1v) is 6.31. The van der Waals surface area contributed by atoms with Crippen LogP contribution in [-0.4, -0.2) is 55.1 Å². The third-order valence-electron chi connectivity index (χ3n) is 3.51. The summed E-state index contributed by atoms with van der Waals surface area (Å²) in [5.41, 5.74) is 0. The summed E-state index contributed by atoms with van der Waals surface area (Å²) in [5, 5.41) is 8.60. The summed E-state index contributed by atoms with van der Waals surface area (Å²) in [5.74, 6) is -0.113. The van der Waals surface area contributed by atoms with Gasteiger partial charge in [0.2, 0.25) is 0 Å². The number of likely N-dealkylation sites (tertiary alicyclic amines) is 1. The van der Waals surface area contributed by atoms with E-state index in [-0.39, 0.29) is 18.8 Å². The van der Waals surface area contributed by atoms with Gasteiger partial charge in [-0.15, -0.1) is 0 Å². The standard InChI is InChI=1S/C12H21NO4/c1-13-5-4-9(7-13)6-12-16-8-10(17-12)2-3-11(14)15/h9-10,12H,2-8H2,1H3,(H,14,15). The Balaban J connectivity index is 1.65. The molecule has 0 saturated carbocycles. The van der Waals surface area contributed by atoms with E-state index in [4.69, 9.17) is 14.6 Å². The number of carbonyl (C=O) groups is 1. The highest BCUT2D eigenvalue weighted by Crippen LogP contribution is 2.26. The van der Waals surface area contributed by atoms with Gasteiger partial charge in [-0.3, -0.25) is 4.79 Å². The molecule has 0 amide bonds. The fourth-order valence-electron chi connectivity index (χ4n) is 2.56. The highest BCUT2D eigenvalue weighted by molar-refractivity contribution is 5.66. The lowest BCUT2D eigenvalue weighted by Crippen LogP contribution is -2.19. The van der Waals surface area contributed by atoms with Gasteiger partial charge in [0.05, 0.1) is 12.7 Å². The molecule has 5 heteroatoms. The molecule has 5 nitrogen and oxygen atoms in total. The molecule has 3 unspecified atom stereocenters. The molecule has 0 aromatic heterocycles. The molecule has 0 aliphatic carbocycles. The Bertz CT molecular complexity index is 271. The average Bonchev–Trinajstić information content (AvgIpc) is 2.86. The van der Waals surface area contributed by atoms with Crippen LogP contribution < -0.4 is 0 Å². The van der Waals surface area contributed by atoms with Gasteiger partial charge in [-0.05, 0) is 32.4 Å². The van der Waals surface area contributed by atoms with E-state index in [1.165, 1.54) is 6.42 Å². The number of nitrogens with zero attached hydrogens (tertiary/aromatic N) is 1. The van der Waals surface area contributed by atoms with Crippen LogP contribution in [0.15, 0.2) is 0 Å². The quantitative estimate of drug-likeness (QED) is 0.778. The molecule has 2 aliphatic heterocycles. The van der Waals surface area contributed by atoms with Gasteiger partial charge in [0, 0.05) is 19.4 Å². The second kappa shape index (κ2) is 5.80. The smallest absolute Gasteiger partial charge is 0.303 e. The third-order valence-corrected chi connectivity index (χ3v) is 3.51. The summed E-state index contributed by atoms with van der Waals surface area (Å²) in [4.78, 5) is 12.8. The van der Waals surface area contributed by atoms with Gasteiger partial charge in [-0.25, -0.2) is 0 Å². The lowest BCUT2D eigenvalue weighted by Gasteiger charge is -2.15. The van der Waals surface area contributed by atoms with Crippen LogP contribution in [0, 0.1) is 5.92 Å². The van der Waals surface area contributed by atoms with Crippen molar-refractivity contribution in [3.05, 3.63) is 0 Å². The third kappa shape index (κ3) is 3.94. The number of hydrogen-bond acceptors (Lipinski definition) is 4. The van der Waals surface area contributed by atoms with Crippen LogP contribution in [0.3, 0.4) is 0 Å². The minimum atomic E-state index is -0.769. The molecule has 2 rings (SSSR count). The van der Waals surface area contributed by atoms with Gasteiger partial charge in [0.1, 0.15) is 0 Å². The molecule has 1 N–H and O–H groups in total. The molecule has 98 valence electrons. The SMILES string of the molecule is CN1CCC(CC2OCC(CCC(=O)O)O2)C1. The van der Waals surface area contributed by atoms with E-state index in [1.807, 2.05) is 0 Å². The van der Waals surface area contributed by atoms with E-state index in [9.17, 15) is 4.79 Å². The van der Waals surface area contributed by atoms with Crippen LogP contribution >= 0.6 is 0 Å². The summed E-state index contributed by atoms with van der Waals surface area (Å²) in [7, 11) is 2.13. The van der Waals surface area contributed by atoms with Gasteiger partial charge >= 0.3 is 5.97 Å². The van der Waals surface area contributed by atoms with Crippen molar-refractivity contribution in [1.82, 2.24) is 4.90 Å². The van der Waals surface area contributed by atoms with Crippen LogP contribution in [0.25, 0.3) is 0 Å². The molecular weight excluding hydrogens is 222 g/mol. The largest absolute Gasteiger partial charge is 0.481 e. The van der Waals surface area contributed by atoms with Crippen LogP contribution in [0.2, 0.25) is 0 Å². The summed E-state index contributed by atoms with van der Waals surface area (Å²) in [6, 6.07) is 0. The Morgan fingerprint density at radius 1 is 1.53 bits per heavy atom. The number of aliphatic carboxylic acids is 1. The number of carboxylic acids is 1. The van der Waals surface area contributed by atoms with Crippen LogP contribution in [-0.2, 0) is 14.3 Å². The predicted octanol–water partition coefficient (Wildman–Crippen LogP) is 0.934.